The molecule has 3 aromatic rings. The molecule has 2 amide bonds. The van der Waals surface area contributed by atoms with E-state index in [9.17, 15) is 14.0 Å². The number of H-pyrrole nitrogens is 1. The van der Waals surface area contributed by atoms with Gasteiger partial charge in [0.05, 0.1) is 0 Å². The fourth-order valence-corrected chi connectivity index (χ4v) is 4.45. The number of amides is 2. The molecule has 0 saturated carbocycles. The maximum absolute atomic E-state index is 13.3. The zero-order valence-electron chi connectivity index (χ0n) is 16.0. The van der Waals surface area contributed by atoms with Crippen molar-refractivity contribution < 1.29 is 14.0 Å². The number of benzene rings is 1. The van der Waals surface area contributed by atoms with Crippen LogP contribution in [0.2, 0.25) is 5.15 Å². The summed E-state index contributed by atoms with van der Waals surface area (Å²) in [6, 6.07) is 10.3. The van der Waals surface area contributed by atoms with Crippen molar-refractivity contribution in [1.82, 2.24) is 20.2 Å². The Balaban J connectivity index is 1.56. The highest BCUT2D eigenvalue weighted by atomic mass is 35.5. The first-order valence-electron chi connectivity index (χ1n) is 9.57. The Hall–Kier alpha value is -2.58. The Morgan fingerprint density at radius 3 is 2.67 bits per heavy atom. The van der Waals surface area contributed by atoms with Gasteiger partial charge >= 0.3 is 0 Å². The molecule has 0 aliphatic carbocycles. The van der Waals surface area contributed by atoms with Crippen molar-refractivity contribution in [3.8, 4) is 0 Å². The van der Waals surface area contributed by atoms with Crippen molar-refractivity contribution in [3.63, 3.8) is 0 Å². The van der Waals surface area contributed by atoms with Crippen LogP contribution in [0, 0.1) is 5.82 Å². The van der Waals surface area contributed by atoms with E-state index in [2.05, 4.69) is 15.3 Å². The molecule has 2 N–H and O–H groups in total. The minimum Gasteiger partial charge on any atom is -0.339 e. The van der Waals surface area contributed by atoms with E-state index >= 15 is 0 Å². The molecule has 1 atom stereocenters. The van der Waals surface area contributed by atoms with Crippen LogP contribution in [0.25, 0.3) is 11.0 Å². The smallest absolute Gasteiger partial charge is 0.268 e. The van der Waals surface area contributed by atoms with Gasteiger partial charge in [0.15, 0.2) is 0 Å². The predicted octanol–water partition coefficient (Wildman–Crippen LogP) is 3.27. The number of carbonyl (C=O) groups excluding carboxylic acids is 2. The number of hydrogen-bond acceptors (Lipinski definition) is 4. The Labute approximate surface area is 182 Å². The first kappa shape index (κ1) is 20.7. The molecule has 0 spiro atoms. The average Bonchev–Trinajstić information content (AvgIpc) is 3.18. The number of aromatic nitrogens is 2. The molecule has 1 saturated heterocycles. The number of rotatable bonds is 5. The van der Waals surface area contributed by atoms with Gasteiger partial charge in [0, 0.05) is 36.4 Å². The second-order valence-electron chi connectivity index (χ2n) is 7.05. The van der Waals surface area contributed by atoms with Crippen LogP contribution in [0.4, 0.5) is 4.39 Å². The third-order valence-electron chi connectivity index (χ3n) is 4.97. The van der Waals surface area contributed by atoms with Gasteiger partial charge in [-0.05, 0) is 35.9 Å². The monoisotopic (exact) mass is 446 g/mol. The maximum Gasteiger partial charge on any atom is 0.268 e. The SMILES string of the molecule is O=C(N[C@@H](Cc1ccc(F)cc1)C(=O)N1CCSCC1)c1cc2ccc(Cl)nc2[nH]1. The van der Waals surface area contributed by atoms with E-state index in [0.29, 0.717) is 29.6 Å². The second kappa shape index (κ2) is 9.06. The van der Waals surface area contributed by atoms with Gasteiger partial charge < -0.3 is 15.2 Å². The van der Waals surface area contributed by atoms with Crippen molar-refractivity contribution in [2.24, 2.45) is 0 Å². The van der Waals surface area contributed by atoms with Crippen molar-refractivity contribution in [3.05, 3.63) is 64.7 Å². The number of aromatic amines is 1. The minimum atomic E-state index is -0.756. The van der Waals surface area contributed by atoms with Crippen LogP contribution in [-0.4, -0.2) is 57.3 Å². The first-order chi connectivity index (χ1) is 14.5. The standard InChI is InChI=1S/C21H20ClFN4O2S/c22-18-6-3-14-12-16(24-19(14)26-18)20(28)25-17(11-13-1-4-15(23)5-2-13)21(29)27-7-9-30-10-8-27/h1-6,12,17H,7-11H2,(H,24,26)(H,25,28)/t17-/m0/s1. The lowest BCUT2D eigenvalue weighted by Gasteiger charge is -2.30. The Morgan fingerprint density at radius 2 is 1.93 bits per heavy atom. The zero-order chi connectivity index (χ0) is 21.1. The van der Waals surface area contributed by atoms with E-state index in [1.807, 2.05) is 0 Å². The van der Waals surface area contributed by atoms with Crippen molar-refractivity contribution in [2.75, 3.05) is 24.6 Å². The van der Waals surface area contributed by atoms with E-state index < -0.39 is 11.9 Å². The summed E-state index contributed by atoms with van der Waals surface area (Å²) in [4.78, 5) is 34.9. The molecule has 3 heterocycles. The van der Waals surface area contributed by atoms with Crippen LogP contribution < -0.4 is 5.32 Å². The average molecular weight is 447 g/mol. The quantitative estimate of drug-likeness (QED) is 0.590. The lowest BCUT2D eigenvalue weighted by atomic mass is 10.0. The van der Waals surface area contributed by atoms with Crippen molar-refractivity contribution in [1.29, 1.82) is 0 Å². The van der Waals surface area contributed by atoms with Gasteiger partial charge in [-0.1, -0.05) is 23.7 Å². The van der Waals surface area contributed by atoms with Gasteiger partial charge in [0.1, 0.15) is 28.4 Å². The molecule has 2 aromatic heterocycles. The summed E-state index contributed by atoms with van der Waals surface area (Å²) in [6.45, 7) is 1.29. The van der Waals surface area contributed by atoms with Crippen LogP contribution >= 0.6 is 23.4 Å². The Morgan fingerprint density at radius 1 is 1.20 bits per heavy atom. The van der Waals surface area contributed by atoms with Crippen LogP contribution in [-0.2, 0) is 11.2 Å². The highest BCUT2D eigenvalue weighted by Crippen LogP contribution is 2.17. The Kier molecular flexibility index (Phi) is 6.24. The third kappa shape index (κ3) is 4.76. The van der Waals surface area contributed by atoms with E-state index in [0.717, 1.165) is 22.5 Å². The molecule has 1 fully saturated rings. The van der Waals surface area contributed by atoms with Crippen molar-refractivity contribution in [2.45, 2.75) is 12.5 Å². The number of nitrogens with one attached hydrogen (secondary N) is 2. The molecule has 1 aliphatic heterocycles. The lowest BCUT2D eigenvalue weighted by molar-refractivity contribution is -0.132. The van der Waals surface area contributed by atoms with Gasteiger partial charge in [-0.25, -0.2) is 9.37 Å². The van der Waals surface area contributed by atoms with Crippen molar-refractivity contribution >= 4 is 46.2 Å². The number of hydrogen-bond donors (Lipinski definition) is 2. The summed E-state index contributed by atoms with van der Waals surface area (Å²) in [5, 5.41) is 3.92. The Bertz CT molecular complexity index is 1070. The van der Waals surface area contributed by atoms with Crippen LogP contribution in [0.1, 0.15) is 16.1 Å². The summed E-state index contributed by atoms with van der Waals surface area (Å²) >= 11 is 7.71. The van der Waals surface area contributed by atoms with Crippen LogP contribution in [0.15, 0.2) is 42.5 Å². The number of carbonyl (C=O) groups is 2. The highest BCUT2D eigenvalue weighted by molar-refractivity contribution is 7.99. The molecule has 30 heavy (non-hydrogen) atoms. The molecule has 0 radical (unpaired) electrons. The van der Waals surface area contributed by atoms with Gasteiger partial charge in [-0.15, -0.1) is 0 Å². The van der Waals surface area contributed by atoms with Gasteiger partial charge in [-0.2, -0.15) is 11.8 Å². The summed E-state index contributed by atoms with van der Waals surface area (Å²) in [5.74, 6) is 0.860. The van der Waals surface area contributed by atoms with Gasteiger partial charge in [0.2, 0.25) is 5.91 Å². The molecule has 0 unspecified atom stereocenters. The van der Waals surface area contributed by atoms with E-state index in [1.54, 1.807) is 47.0 Å². The maximum atomic E-state index is 13.3. The number of thioether (sulfide) groups is 1. The predicted molar refractivity (Wildman–Crippen MR) is 116 cm³/mol. The molecule has 4 rings (SSSR count). The summed E-state index contributed by atoms with van der Waals surface area (Å²) in [5.41, 5.74) is 1.57. The third-order valence-corrected chi connectivity index (χ3v) is 6.12. The minimum absolute atomic E-state index is 0.134. The topological polar surface area (TPSA) is 78.1 Å². The molecule has 1 aromatic carbocycles. The summed E-state index contributed by atoms with van der Waals surface area (Å²) < 4.78 is 13.3. The molecule has 9 heteroatoms. The second-order valence-corrected chi connectivity index (χ2v) is 8.66. The molecule has 1 aliphatic rings. The fraction of sp³-hybridized carbons (Fsp3) is 0.286. The number of nitrogens with zero attached hydrogens (tertiary/aromatic N) is 2. The van der Waals surface area contributed by atoms with E-state index in [-0.39, 0.29) is 18.1 Å². The van der Waals surface area contributed by atoms with Crippen LogP contribution in [0.5, 0.6) is 0 Å². The highest BCUT2D eigenvalue weighted by Gasteiger charge is 2.28. The number of halogens is 2. The van der Waals surface area contributed by atoms with Gasteiger partial charge in [0.25, 0.3) is 5.91 Å². The normalized spacial score (nSPS) is 15.2. The van der Waals surface area contributed by atoms with E-state index in [4.69, 9.17) is 11.6 Å². The lowest BCUT2D eigenvalue weighted by Crippen LogP contribution is -2.51. The van der Waals surface area contributed by atoms with Gasteiger partial charge in [-0.3, -0.25) is 9.59 Å². The summed E-state index contributed by atoms with van der Waals surface area (Å²) in [6.07, 6.45) is 0.277. The fourth-order valence-electron chi connectivity index (χ4n) is 3.40. The van der Waals surface area contributed by atoms with E-state index in [1.165, 1.54) is 12.1 Å². The first-order valence-corrected chi connectivity index (χ1v) is 11.1. The molecule has 0 bridgehead atoms. The largest absolute Gasteiger partial charge is 0.339 e. The molecule has 6 nitrogen and oxygen atoms in total. The summed E-state index contributed by atoms with van der Waals surface area (Å²) in [7, 11) is 0. The van der Waals surface area contributed by atoms with Crippen LogP contribution in [0.3, 0.4) is 0 Å². The number of fused-ring (bicyclic) bond motifs is 1. The zero-order valence-corrected chi connectivity index (χ0v) is 17.6. The molecular weight excluding hydrogens is 427 g/mol. The molecule has 156 valence electrons. The number of pyridine rings is 1. The molecular formula is C21H20ClFN4O2S.